The van der Waals surface area contributed by atoms with Crippen molar-refractivity contribution >= 4 is 23.4 Å². The standard InChI is InChI=1S/C19H19ClN2O3/c20-15-7-5-13(6-8-15)12-25-10-9-21-19(24)17-11-14-3-1-2-4-16(14)18(23)22-17/h1-8,17H,9-12H2,(H,21,24)(H,22,23)/t17-/m1/s1. The molecule has 0 bridgehead atoms. The van der Waals surface area contributed by atoms with Gasteiger partial charge in [-0.1, -0.05) is 41.9 Å². The molecule has 2 amide bonds. The second-order valence-corrected chi connectivity index (χ2v) is 6.29. The van der Waals surface area contributed by atoms with Gasteiger partial charge in [0.15, 0.2) is 0 Å². The molecule has 25 heavy (non-hydrogen) atoms. The average molecular weight is 359 g/mol. The van der Waals surface area contributed by atoms with Gasteiger partial charge >= 0.3 is 0 Å². The number of halogens is 1. The highest BCUT2D eigenvalue weighted by Gasteiger charge is 2.28. The van der Waals surface area contributed by atoms with Crippen LogP contribution in [0.2, 0.25) is 5.02 Å². The maximum atomic E-state index is 12.2. The fourth-order valence-corrected chi connectivity index (χ4v) is 2.85. The molecular weight excluding hydrogens is 340 g/mol. The minimum Gasteiger partial charge on any atom is -0.375 e. The number of carbonyl (C=O) groups is 2. The van der Waals surface area contributed by atoms with Crippen LogP contribution in [0.25, 0.3) is 0 Å². The molecule has 1 atom stereocenters. The minimum atomic E-state index is -0.543. The van der Waals surface area contributed by atoms with E-state index in [0.717, 1.165) is 11.1 Å². The summed E-state index contributed by atoms with van der Waals surface area (Å²) < 4.78 is 5.53. The highest BCUT2D eigenvalue weighted by molar-refractivity contribution is 6.30. The third kappa shape index (κ3) is 4.59. The lowest BCUT2D eigenvalue weighted by molar-refractivity contribution is -0.123. The molecule has 0 unspecified atom stereocenters. The van der Waals surface area contributed by atoms with Crippen LogP contribution in [0.3, 0.4) is 0 Å². The fourth-order valence-electron chi connectivity index (χ4n) is 2.73. The lowest BCUT2D eigenvalue weighted by atomic mass is 9.95. The van der Waals surface area contributed by atoms with Crippen LogP contribution in [0.15, 0.2) is 48.5 Å². The van der Waals surface area contributed by atoms with E-state index >= 15 is 0 Å². The fraction of sp³-hybridized carbons (Fsp3) is 0.263. The van der Waals surface area contributed by atoms with Crippen LogP contribution >= 0.6 is 11.6 Å². The van der Waals surface area contributed by atoms with Crippen LogP contribution in [-0.2, 0) is 22.6 Å². The molecule has 1 heterocycles. The summed E-state index contributed by atoms with van der Waals surface area (Å²) in [4.78, 5) is 24.3. The Morgan fingerprint density at radius 3 is 2.76 bits per heavy atom. The van der Waals surface area contributed by atoms with Crippen LogP contribution < -0.4 is 10.6 Å². The van der Waals surface area contributed by atoms with Gasteiger partial charge in [-0.05, 0) is 29.3 Å². The SMILES string of the molecule is O=C1N[C@@H](C(=O)NCCOCc2ccc(Cl)cc2)Cc2ccccc21. The van der Waals surface area contributed by atoms with Gasteiger partial charge in [0, 0.05) is 23.6 Å². The van der Waals surface area contributed by atoms with E-state index < -0.39 is 6.04 Å². The summed E-state index contributed by atoms with van der Waals surface area (Å²) in [6.07, 6.45) is 0.499. The third-order valence-corrected chi connectivity index (χ3v) is 4.29. The molecule has 2 aromatic rings. The van der Waals surface area contributed by atoms with E-state index in [0.29, 0.717) is 36.8 Å². The number of carbonyl (C=O) groups excluding carboxylic acids is 2. The van der Waals surface area contributed by atoms with Crippen molar-refractivity contribution in [2.24, 2.45) is 0 Å². The molecule has 0 saturated carbocycles. The summed E-state index contributed by atoms with van der Waals surface area (Å²) in [7, 11) is 0. The highest BCUT2D eigenvalue weighted by atomic mass is 35.5. The van der Waals surface area contributed by atoms with Crippen molar-refractivity contribution in [3.8, 4) is 0 Å². The maximum absolute atomic E-state index is 12.2. The van der Waals surface area contributed by atoms with Crippen LogP contribution in [0, 0.1) is 0 Å². The number of nitrogens with one attached hydrogen (secondary N) is 2. The molecule has 2 aromatic carbocycles. The summed E-state index contributed by atoms with van der Waals surface area (Å²) in [6, 6.07) is 14.2. The van der Waals surface area contributed by atoms with Gasteiger partial charge in [0.2, 0.25) is 5.91 Å². The number of amides is 2. The van der Waals surface area contributed by atoms with Crippen LogP contribution in [0.5, 0.6) is 0 Å². The molecule has 0 aliphatic carbocycles. The van der Waals surface area contributed by atoms with E-state index in [1.54, 1.807) is 6.07 Å². The van der Waals surface area contributed by atoms with Gasteiger partial charge in [-0.3, -0.25) is 9.59 Å². The van der Waals surface area contributed by atoms with Crippen molar-refractivity contribution in [1.82, 2.24) is 10.6 Å². The van der Waals surface area contributed by atoms with Gasteiger partial charge in [0.25, 0.3) is 5.91 Å². The van der Waals surface area contributed by atoms with Gasteiger partial charge in [-0.2, -0.15) is 0 Å². The van der Waals surface area contributed by atoms with E-state index in [9.17, 15) is 9.59 Å². The first-order valence-electron chi connectivity index (χ1n) is 8.12. The Labute approximate surface area is 151 Å². The highest BCUT2D eigenvalue weighted by Crippen LogP contribution is 2.16. The number of hydrogen-bond acceptors (Lipinski definition) is 3. The molecule has 1 aliphatic rings. The zero-order chi connectivity index (χ0) is 17.6. The number of benzene rings is 2. The first kappa shape index (κ1) is 17.5. The monoisotopic (exact) mass is 358 g/mol. The molecule has 3 rings (SSSR count). The predicted octanol–water partition coefficient (Wildman–Crippen LogP) is 2.33. The largest absolute Gasteiger partial charge is 0.375 e. The topological polar surface area (TPSA) is 67.4 Å². The Kier molecular flexibility index (Phi) is 5.68. The first-order chi connectivity index (χ1) is 12.1. The number of rotatable bonds is 6. The summed E-state index contributed by atoms with van der Waals surface area (Å²) in [5.41, 5.74) is 2.55. The van der Waals surface area contributed by atoms with E-state index in [1.807, 2.05) is 42.5 Å². The van der Waals surface area contributed by atoms with Crippen molar-refractivity contribution in [3.05, 3.63) is 70.2 Å². The normalized spacial score (nSPS) is 16.0. The van der Waals surface area contributed by atoms with Gasteiger partial charge in [-0.15, -0.1) is 0 Å². The van der Waals surface area contributed by atoms with Crippen molar-refractivity contribution in [2.75, 3.05) is 13.2 Å². The van der Waals surface area contributed by atoms with Gasteiger partial charge in [0.1, 0.15) is 6.04 Å². The quantitative estimate of drug-likeness (QED) is 0.779. The van der Waals surface area contributed by atoms with Crippen LogP contribution in [0.1, 0.15) is 21.5 Å². The van der Waals surface area contributed by atoms with E-state index in [4.69, 9.17) is 16.3 Å². The molecule has 0 saturated heterocycles. The van der Waals surface area contributed by atoms with Crippen LogP contribution in [-0.4, -0.2) is 31.0 Å². The summed E-state index contributed by atoms with van der Waals surface area (Å²) in [5, 5.41) is 6.23. The molecule has 0 fully saturated rings. The van der Waals surface area contributed by atoms with Crippen molar-refractivity contribution in [3.63, 3.8) is 0 Å². The molecule has 0 radical (unpaired) electrons. The van der Waals surface area contributed by atoms with Crippen LogP contribution in [0.4, 0.5) is 0 Å². The van der Waals surface area contributed by atoms with Crippen molar-refractivity contribution in [2.45, 2.75) is 19.1 Å². The average Bonchev–Trinajstić information content (AvgIpc) is 2.63. The Balaban J connectivity index is 1.41. The molecule has 0 spiro atoms. The smallest absolute Gasteiger partial charge is 0.252 e. The number of hydrogen-bond donors (Lipinski definition) is 2. The lowest BCUT2D eigenvalue weighted by Crippen LogP contribution is -2.51. The van der Waals surface area contributed by atoms with Gasteiger partial charge in [0.05, 0.1) is 13.2 Å². The molecule has 2 N–H and O–H groups in total. The zero-order valence-electron chi connectivity index (χ0n) is 13.6. The Morgan fingerprint density at radius 2 is 1.96 bits per heavy atom. The second-order valence-electron chi connectivity index (χ2n) is 5.86. The molecule has 0 aromatic heterocycles. The van der Waals surface area contributed by atoms with E-state index in [-0.39, 0.29) is 11.8 Å². The Hall–Kier alpha value is -2.37. The molecule has 5 nitrogen and oxygen atoms in total. The van der Waals surface area contributed by atoms with Crippen molar-refractivity contribution < 1.29 is 14.3 Å². The predicted molar refractivity (Wildman–Crippen MR) is 95.5 cm³/mol. The molecule has 1 aliphatic heterocycles. The van der Waals surface area contributed by atoms with E-state index in [1.165, 1.54) is 0 Å². The number of fused-ring (bicyclic) bond motifs is 1. The van der Waals surface area contributed by atoms with Gasteiger partial charge in [-0.25, -0.2) is 0 Å². The Bertz CT molecular complexity index is 762. The summed E-state index contributed by atoms with van der Waals surface area (Å²) in [5.74, 6) is -0.404. The molecular formula is C19H19ClN2O3. The Morgan fingerprint density at radius 1 is 1.20 bits per heavy atom. The maximum Gasteiger partial charge on any atom is 0.252 e. The first-order valence-corrected chi connectivity index (χ1v) is 8.50. The van der Waals surface area contributed by atoms with Gasteiger partial charge < -0.3 is 15.4 Å². The van der Waals surface area contributed by atoms with E-state index in [2.05, 4.69) is 10.6 Å². The van der Waals surface area contributed by atoms with Crippen molar-refractivity contribution in [1.29, 1.82) is 0 Å². The number of ether oxygens (including phenoxy) is 1. The molecule has 6 heteroatoms. The minimum absolute atomic E-state index is 0.196. The zero-order valence-corrected chi connectivity index (χ0v) is 14.4. The molecule has 130 valence electrons. The lowest BCUT2D eigenvalue weighted by Gasteiger charge is -2.24. The summed E-state index contributed by atoms with van der Waals surface area (Å²) in [6.45, 7) is 1.24. The third-order valence-electron chi connectivity index (χ3n) is 4.04. The second kappa shape index (κ2) is 8.14. The summed E-state index contributed by atoms with van der Waals surface area (Å²) >= 11 is 5.83.